The quantitative estimate of drug-likeness (QED) is 0.224. The number of unbranched alkanes of at least 4 members (excludes halogenated alkanes) is 1. The van der Waals surface area contributed by atoms with Crippen molar-refractivity contribution >= 4 is 23.5 Å². The molecule has 0 fully saturated rings. The van der Waals surface area contributed by atoms with Crippen LogP contribution in [0.4, 0.5) is 0 Å². The highest BCUT2D eigenvalue weighted by molar-refractivity contribution is 7.98. The first-order chi connectivity index (χ1) is 9.70. The smallest absolute Gasteiger partial charge is 0.235 e. The molecule has 4 N–H and O–H groups in total. The summed E-state index contributed by atoms with van der Waals surface area (Å²) < 4.78 is 0. The van der Waals surface area contributed by atoms with Crippen molar-refractivity contribution in [2.24, 2.45) is 10.9 Å². The Morgan fingerprint density at radius 1 is 1.40 bits per heavy atom. The van der Waals surface area contributed by atoms with Gasteiger partial charge in [0.15, 0.2) is 5.84 Å². The summed E-state index contributed by atoms with van der Waals surface area (Å²) in [5, 5.41) is 14.6. The van der Waals surface area contributed by atoms with Gasteiger partial charge < -0.3 is 16.3 Å². The number of nitrogens with one attached hydrogen (secondary N) is 1. The predicted molar refractivity (Wildman–Crippen MR) is 83.2 cm³/mol. The number of carbonyl (C=O) groups excluding carboxylic acids is 1. The average Bonchev–Trinajstić information content (AvgIpc) is 2.48. The van der Waals surface area contributed by atoms with Gasteiger partial charge in [0.1, 0.15) is 5.92 Å². The summed E-state index contributed by atoms with van der Waals surface area (Å²) in [5.41, 5.74) is 6.35. The number of oxime groups is 1. The predicted octanol–water partition coefficient (Wildman–Crippen LogP) is 1.78. The summed E-state index contributed by atoms with van der Waals surface area (Å²) in [7, 11) is 0. The van der Waals surface area contributed by atoms with Crippen molar-refractivity contribution in [2.45, 2.75) is 18.8 Å². The lowest BCUT2D eigenvalue weighted by molar-refractivity contribution is -0.121. The summed E-state index contributed by atoms with van der Waals surface area (Å²) in [5.74, 6) is -0.00619. The molecule has 1 unspecified atom stereocenters. The van der Waals surface area contributed by atoms with Gasteiger partial charge in [-0.15, -0.1) is 0 Å². The van der Waals surface area contributed by atoms with Crippen LogP contribution in [0.1, 0.15) is 24.3 Å². The van der Waals surface area contributed by atoms with Crippen molar-refractivity contribution in [3.63, 3.8) is 0 Å². The van der Waals surface area contributed by atoms with E-state index in [1.807, 2.05) is 18.2 Å². The molecule has 0 saturated carbocycles. The number of rotatable bonds is 8. The fourth-order valence-corrected chi connectivity index (χ4v) is 2.34. The van der Waals surface area contributed by atoms with E-state index >= 15 is 0 Å². The van der Waals surface area contributed by atoms with E-state index in [-0.39, 0.29) is 11.7 Å². The molecule has 0 radical (unpaired) electrons. The van der Waals surface area contributed by atoms with Crippen molar-refractivity contribution in [1.82, 2.24) is 5.32 Å². The highest BCUT2D eigenvalue weighted by Crippen LogP contribution is 2.16. The van der Waals surface area contributed by atoms with Crippen LogP contribution in [-0.2, 0) is 4.79 Å². The summed E-state index contributed by atoms with van der Waals surface area (Å²) in [6.45, 7) is 0.599. The van der Waals surface area contributed by atoms with Gasteiger partial charge in [0, 0.05) is 6.54 Å². The Labute approximate surface area is 123 Å². The Hall–Kier alpha value is -1.69. The van der Waals surface area contributed by atoms with Crippen LogP contribution < -0.4 is 11.1 Å². The third kappa shape index (κ3) is 5.13. The number of amides is 1. The minimum atomic E-state index is -0.748. The number of amidine groups is 1. The molecular weight excluding hydrogens is 274 g/mol. The van der Waals surface area contributed by atoms with Gasteiger partial charge in [0.2, 0.25) is 5.91 Å². The second-order valence-corrected chi connectivity index (χ2v) is 5.35. The molecule has 1 aromatic rings. The Balaban J connectivity index is 2.63. The average molecular weight is 295 g/mol. The number of hydrogen-bond acceptors (Lipinski definition) is 4. The van der Waals surface area contributed by atoms with Crippen molar-refractivity contribution in [1.29, 1.82) is 0 Å². The number of nitrogens with zero attached hydrogens (tertiary/aromatic N) is 1. The Bertz CT molecular complexity index is 437. The van der Waals surface area contributed by atoms with Crippen LogP contribution in [0.15, 0.2) is 35.5 Å². The Morgan fingerprint density at radius 3 is 2.70 bits per heavy atom. The minimum absolute atomic E-state index is 0.0992. The molecule has 0 aliphatic carbocycles. The van der Waals surface area contributed by atoms with Gasteiger partial charge in [-0.2, -0.15) is 11.8 Å². The molecule has 1 amide bonds. The Morgan fingerprint density at radius 2 is 2.10 bits per heavy atom. The summed E-state index contributed by atoms with van der Waals surface area (Å²) >= 11 is 1.79. The Kier molecular flexibility index (Phi) is 7.57. The van der Waals surface area contributed by atoms with Gasteiger partial charge in [0.25, 0.3) is 0 Å². The zero-order valence-corrected chi connectivity index (χ0v) is 12.4. The van der Waals surface area contributed by atoms with Gasteiger partial charge in [-0.3, -0.25) is 4.79 Å². The van der Waals surface area contributed by atoms with Crippen LogP contribution in [0.3, 0.4) is 0 Å². The normalized spacial score (nSPS) is 12.9. The fourth-order valence-electron chi connectivity index (χ4n) is 1.84. The first-order valence-corrected chi connectivity index (χ1v) is 7.89. The molecule has 0 saturated heterocycles. The molecular formula is C14H21N3O2S. The number of thioether (sulfide) groups is 1. The molecule has 0 bridgehead atoms. The summed E-state index contributed by atoms with van der Waals surface area (Å²) in [4.78, 5) is 12.2. The van der Waals surface area contributed by atoms with E-state index in [9.17, 15) is 4.79 Å². The first kappa shape index (κ1) is 16.4. The minimum Gasteiger partial charge on any atom is -0.409 e. The maximum absolute atomic E-state index is 12.2. The number of hydrogen-bond donors (Lipinski definition) is 3. The molecule has 0 aromatic heterocycles. The van der Waals surface area contributed by atoms with Crippen molar-refractivity contribution < 1.29 is 10.0 Å². The van der Waals surface area contributed by atoms with Crippen LogP contribution in [0.25, 0.3) is 0 Å². The van der Waals surface area contributed by atoms with Crippen LogP contribution in [-0.4, -0.2) is 35.5 Å². The number of benzene rings is 1. The molecule has 1 atom stereocenters. The fraction of sp³-hybridized carbons (Fsp3) is 0.429. The van der Waals surface area contributed by atoms with E-state index in [0.29, 0.717) is 12.1 Å². The molecule has 110 valence electrons. The van der Waals surface area contributed by atoms with Crippen molar-refractivity contribution in [3.8, 4) is 0 Å². The second kappa shape index (κ2) is 9.25. The van der Waals surface area contributed by atoms with Gasteiger partial charge in [-0.1, -0.05) is 35.5 Å². The third-order valence-corrected chi connectivity index (χ3v) is 3.58. The van der Waals surface area contributed by atoms with Crippen LogP contribution in [0, 0.1) is 0 Å². The highest BCUT2D eigenvalue weighted by atomic mass is 32.2. The first-order valence-electron chi connectivity index (χ1n) is 6.49. The third-order valence-electron chi connectivity index (χ3n) is 2.88. The van der Waals surface area contributed by atoms with Gasteiger partial charge in [-0.05, 0) is 30.4 Å². The monoisotopic (exact) mass is 295 g/mol. The topological polar surface area (TPSA) is 87.7 Å². The molecule has 0 aliphatic heterocycles. The maximum Gasteiger partial charge on any atom is 0.235 e. The second-order valence-electron chi connectivity index (χ2n) is 4.36. The molecule has 0 heterocycles. The van der Waals surface area contributed by atoms with Crippen molar-refractivity contribution in [2.75, 3.05) is 18.6 Å². The lowest BCUT2D eigenvalue weighted by atomic mass is 9.97. The van der Waals surface area contributed by atoms with Gasteiger partial charge in [0.05, 0.1) is 0 Å². The molecule has 5 nitrogen and oxygen atoms in total. The SMILES string of the molecule is CSCCCCNC(=O)C(/C(N)=N/O)c1ccccc1. The number of nitrogens with two attached hydrogens (primary N) is 1. The van der Waals surface area contributed by atoms with Crippen LogP contribution >= 0.6 is 11.8 Å². The molecule has 20 heavy (non-hydrogen) atoms. The molecule has 6 heteroatoms. The summed E-state index contributed by atoms with van der Waals surface area (Å²) in [6, 6.07) is 9.07. The molecule has 1 aromatic carbocycles. The van der Waals surface area contributed by atoms with E-state index in [2.05, 4.69) is 16.7 Å². The van der Waals surface area contributed by atoms with E-state index in [4.69, 9.17) is 10.9 Å². The molecule has 1 rings (SSSR count). The van der Waals surface area contributed by atoms with Crippen molar-refractivity contribution in [3.05, 3.63) is 35.9 Å². The van der Waals surface area contributed by atoms with E-state index in [0.717, 1.165) is 18.6 Å². The zero-order valence-electron chi connectivity index (χ0n) is 11.6. The van der Waals surface area contributed by atoms with Crippen LogP contribution in [0.5, 0.6) is 0 Å². The molecule has 0 aliphatic rings. The lowest BCUT2D eigenvalue weighted by Crippen LogP contribution is -2.37. The van der Waals surface area contributed by atoms with Crippen LogP contribution in [0.2, 0.25) is 0 Å². The standard InChI is InChI=1S/C14H21N3O2S/c1-20-10-6-5-9-16-14(18)12(13(15)17-19)11-7-3-2-4-8-11/h2-4,7-8,12,19H,5-6,9-10H2,1H3,(H2,15,17)(H,16,18). The lowest BCUT2D eigenvalue weighted by Gasteiger charge is -2.15. The molecule has 0 spiro atoms. The number of carbonyl (C=O) groups is 1. The van der Waals surface area contributed by atoms with E-state index in [1.165, 1.54) is 0 Å². The zero-order chi connectivity index (χ0) is 14.8. The van der Waals surface area contributed by atoms with E-state index in [1.54, 1.807) is 23.9 Å². The van der Waals surface area contributed by atoms with Gasteiger partial charge >= 0.3 is 0 Å². The maximum atomic E-state index is 12.2. The van der Waals surface area contributed by atoms with Gasteiger partial charge in [-0.25, -0.2) is 0 Å². The summed E-state index contributed by atoms with van der Waals surface area (Å²) in [6.07, 6.45) is 4.04. The largest absolute Gasteiger partial charge is 0.409 e. The van der Waals surface area contributed by atoms with E-state index < -0.39 is 5.92 Å². The highest BCUT2D eigenvalue weighted by Gasteiger charge is 2.24.